The van der Waals surface area contributed by atoms with Gasteiger partial charge in [0, 0.05) is 18.8 Å². The molecule has 1 aromatic carbocycles. The average molecular weight is 204 g/mol. The van der Waals surface area contributed by atoms with Crippen molar-refractivity contribution < 1.29 is 0 Å². The third kappa shape index (κ3) is 3.40. The number of nitrogens with one attached hydrogen (secondary N) is 1. The second kappa shape index (κ2) is 5.56. The Balaban J connectivity index is 2.67. The summed E-state index contributed by atoms with van der Waals surface area (Å²) in [6, 6.07) is 8.49. The molecule has 2 nitrogen and oxygen atoms in total. The molecular weight excluding hydrogens is 184 g/mol. The van der Waals surface area contributed by atoms with Crippen LogP contribution in [0.1, 0.15) is 30.9 Å². The van der Waals surface area contributed by atoms with Gasteiger partial charge in [-0.1, -0.05) is 44.7 Å². The SMILES string of the molecule is C=C(NCCN)c1ccc(C(C)C)cc1. The minimum absolute atomic E-state index is 0.573. The standard InChI is InChI=1S/C13H20N2/c1-10(2)12-4-6-13(7-5-12)11(3)15-9-8-14/h4-7,10,15H,3,8-9,14H2,1-2H3. The van der Waals surface area contributed by atoms with Gasteiger partial charge in [0.05, 0.1) is 0 Å². The van der Waals surface area contributed by atoms with E-state index in [0.29, 0.717) is 12.5 Å². The first kappa shape index (κ1) is 11.8. The number of hydrogen-bond acceptors (Lipinski definition) is 2. The van der Waals surface area contributed by atoms with Crippen LogP contribution in [0, 0.1) is 0 Å². The Labute approximate surface area is 92.2 Å². The number of hydrogen-bond donors (Lipinski definition) is 2. The predicted molar refractivity (Wildman–Crippen MR) is 66.6 cm³/mol. The highest BCUT2D eigenvalue weighted by Gasteiger charge is 2.00. The van der Waals surface area contributed by atoms with E-state index in [1.807, 2.05) is 0 Å². The van der Waals surface area contributed by atoms with E-state index in [2.05, 4.69) is 50.0 Å². The summed E-state index contributed by atoms with van der Waals surface area (Å²) in [5, 5.41) is 3.18. The van der Waals surface area contributed by atoms with Gasteiger partial charge >= 0.3 is 0 Å². The molecule has 0 aliphatic rings. The van der Waals surface area contributed by atoms with Crippen molar-refractivity contribution in [1.82, 2.24) is 5.32 Å². The molecule has 0 spiro atoms. The van der Waals surface area contributed by atoms with Crippen molar-refractivity contribution >= 4 is 5.70 Å². The molecule has 0 bridgehead atoms. The fraction of sp³-hybridized carbons (Fsp3) is 0.385. The van der Waals surface area contributed by atoms with E-state index in [1.54, 1.807) is 0 Å². The summed E-state index contributed by atoms with van der Waals surface area (Å²) in [5.41, 5.74) is 8.84. The highest BCUT2D eigenvalue weighted by molar-refractivity contribution is 5.61. The van der Waals surface area contributed by atoms with E-state index in [0.717, 1.165) is 17.8 Å². The molecule has 0 atom stereocenters. The molecule has 0 aliphatic carbocycles. The van der Waals surface area contributed by atoms with Gasteiger partial charge in [0.1, 0.15) is 0 Å². The van der Waals surface area contributed by atoms with Crippen molar-refractivity contribution in [3.8, 4) is 0 Å². The molecule has 0 aromatic heterocycles. The molecular formula is C13H20N2. The Morgan fingerprint density at radius 3 is 2.40 bits per heavy atom. The minimum atomic E-state index is 0.573. The van der Waals surface area contributed by atoms with E-state index < -0.39 is 0 Å². The van der Waals surface area contributed by atoms with Gasteiger partial charge in [-0.2, -0.15) is 0 Å². The highest BCUT2D eigenvalue weighted by Crippen LogP contribution is 2.17. The fourth-order valence-electron chi connectivity index (χ4n) is 1.39. The van der Waals surface area contributed by atoms with E-state index in [9.17, 15) is 0 Å². The monoisotopic (exact) mass is 204 g/mol. The van der Waals surface area contributed by atoms with Crippen LogP contribution in [-0.4, -0.2) is 13.1 Å². The van der Waals surface area contributed by atoms with Gasteiger partial charge in [-0.15, -0.1) is 0 Å². The second-order valence-corrected chi connectivity index (χ2v) is 3.97. The third-order valence-corrected chi connectivity index (χ3v) is 2.41. The molecule has 0 fully saturated rings. The average Bonchev–Trinajstić information content (AvgIpc) is 2.26. The molecule has 1 rings (SSSR count). The summed E-state index contributed by atoms with van der Waals surface area (Å²) in [5.74, 6) is 0.573. The lowest BCUT2D eigenvalue weighted by Crippen LogP contribution is -2.20. The summed E-state index contributed by atoms with van der Waals surface area (Å²) >= 11 is 0. The van der Waals surface area contributed by atoms with Crippen LogP contribution >= 0.6 is 0 Å². The van der Waals surface area contributed by atoms with Crippen molar-refractivity contribution in [2.24, 2.45) is 5.73 Å². The largest absolute Gasteiger partial charge is 0.384 e. The molecule has 0 radical (unpaired) electrons. The summed E-state index contributed by atoms with van der Waals surface area (Å²) in [7, 11) is 0. The maximum Gasteiger partial charge on any atom is 0.0341 e. The lowest BCUT2D eigenvalue weighted by molar-refractivity contribution is 0.855. The molecule has 0 unspecified atom stereocenters. The summed E-state index contributed by atoms with van der Waals surface area (Å²) in [4.78, 5) is 0. The topological polar surface area (TPSA) is 38.0 Å². The van der Waals surface area contributed by atoms with Gasteiger partial charge in [-0.05, 0) is 17.0 Å². The summed E-state index contributed by atoms with van der Waals surface area (Å²) in [6.45, 7) is 9.75. The van der Waals surface area contributed by atoms with Gasteiger partial charge in [-0.3, -0.25) is 0 Å². The maximum absolute atomic E-state index is 5.42. The van der Waals surface area contributed by atoms with E-state index >= 15 is 0 Å². The van der Waals surface area contributed by atoms with Crippen LogP contribution in [0.3, 0.4) is 0 Å². The fourth-order valence-corrected chi connectivity index (χ4v) is 1.39. The Morgan fingerprint density at radius 1 is 1.33 bits per heavy atom. The molecule has 0 saturated carbocycles. The van der Waals surface area contributed by atoms with Crippen molar-refractivity contribution in [3.63, 3.8) is 0 Å². The van der Waals surface area contributed by atoms with Crippen LogP contribution in [0.5, 0.6) is 0 Å². The summed E-state index contributed by atoms with van der Waals surface area (Å²) < 4.78 is 0. The molecule has 0 amide bonds. The predicted octanol–water partition coefficient (Wildman–Crippen LogP) is 2.33. The highest BCUT2D eigenvalue weighted by atomic mass is 14.9. The lowest BCUT2D eigenvalue weighted by atomic mass is 10.0. The van der Waals surface area contributed by atoms with Crippen LogP contribution < -0.4 is 11.1 Å². The van der Waals surface area contributed by atoms with Crippen LogP contribution in [-0.2, 0) is 0 Å². The van der Waals surface area contributed by atoms with Crippen molar-refractivity contribution in [3.05, 3.63) is 42.0 Å². The van der Waals surface area contributed by atoms with E-state index in [4.69, 9.17) is 5.73 Å². The van der Waals surface area contributed by atoms with Gasteiger partial charge in [-0.25, -0.2) is 0 Å². The van der Waals surface area contributed by atoms with Gasteiger partial charge in [0.15, 0.2) is 0 Å². The number of nitrogens with two attached hydrogens (primary N) is 1. The van der Waals surface area contributed by atoms with Crippen molar-refractivity contribution in [2.45, 2.75) is 19.8 Å². The molecule has 15 heavy (non-hydrogen) atoms. The zero-order chi connectivity index (χ0) is 11.3. The smallest absolute Gasteiger partial charge is 0.0341 e. The van der Waals surface area contributed by atoms with E-state index in [-0.39, 0.29) is 0 Å². The van der Waals surface area contributed by atoms with Crippen molar-refractivity contribution in [2.75, 3.05) is 13.1 Å². The lowest BCUT2D eigenvalue weighted by Gasteiger charge is -2.10. The molecule has 82 valence electrons. The van der Waals surface area contributed by atoms with Crippen LogP contribution in [0.25, 0.3) is 5.70 Å². The minimum Gasteiger partial charge on any atom is -0.384 e. The first-order valence-electron chi connectivity index (χ1n) is 5.38. The van der Waals surface area contributed by atoms with Gasteiger partial charge in [0.2, 0.25) is 0 Å². The van der Waals surface area contributed by atoms with Crippen LogP contribution in [0.4, 0.5) is 0 Å². The second-order valence-electron chi connectivity index (χ2n) is 3.97. The Morgan fingerprint density at radius 2 is 1.93 bits per heavy atom. The van der Waals surface area contributed by atoms with Crippen LogP contribution in [0.15, 0.2) is 30.8 Å². The Bertz CT molecular complexity index is 312. The third-order valence-electron chi connectivity index (χ3n) is 2.41. The first-order valence-corrected chi connectivity index (χ1v) is 5.38. The normalized spacial score (nSPS) is 10.4. The molecule has 2 heteroatoms. The molecule has 1 aromatic rings. The van der Waals surface area contributed by atoms with E-state index in [1.165, 1.54) is 5.56 Å². The number of rotatable bonds is 5. The quantitative estimate of drug-likeness (QED) is 0.772. The Hall–Kier alpha value is -1.28. The van der Waals surface area contributed by atoms with Gasteiger partial charge in [0.25, 0.3) is 0 Å². The summed E-state index contributed by atoms with van der Waals surface area (Å²) in [6.07, 6.45) is 0. The molecule has 0 aliphatic heterocycles. The number of benzene rings is 1. The Kier molecular flexibility index (Phi) is 4.37. The van der Waals surface area contributed by atoms with Crippen molar-refractivity contribution in [1.29, 1.82) is 0 Å². The molecule has 3 N–H and O–H groups in total. The maximum atomic E-state index is 5.42. The molecule has 0 saturated heterocycles. The first-order chi connectivity index (χ1) is 7.15. The zero-order valence-electron chi connectivity index (χ0n) is 9.59. The van der Waals surface area contributed by atoms with Crippen LogP contribution in [0.2, 0.25) is 0 Å². The molecule has 0 heterocycles. The van der Waals surface area contributed by atoms with Gasteiger partial charge < -0.3 is 11.1 Å². The zero-order valence-corrected chi connectivity index (χ0v) is 9.59.